The van der Waals surface area contributed by atoms with Crippen molar-refractivity contribution in [2.24, 2.45) is 5.92 Å². The second-order valence-corrected chi connectivity index (χ2v) is 14.4. The molecule has 3 aromatic heterocycles. The van der Waals surface area contributed by atoms with Gasteiger partial charge < -0.3 is 9.47 Å². The van der Waals surface area contributed by atoms with Crippen LogP contribution in [-0.4, -0.2) is 49.0 Å². The molecule has 15 heteroatoms. The minimum absolute atomic E-state index is 0.0349. The van der Waals surface area contributed by atoms with Crippen LogP contribution in [0, 0.1) is 13.1 Å². The van der Waals surface area contributed by atoms with Gasteiger partial charge in [0.2, 0.25) is 6.41 Å². The molecule has 0 aliphatic heterocycles. The zero-order chi connectivity index (χ0) is 38.6. The molecular weight excluding hydrogens is 902 g/mol. The fourth-order valence-electron chi connectivity index (χ4n) is 4.92. The van der Waals surface area contributed by atoms with Gasteiger partial charge in [-0.25, -0.2) is 34.2 Å². The van der Waals surface area contributed by atoms with Gasteiger partial charge in [0.15, 0.2) is 0 Å². The lowest BCUT2D eigenvalue weighted by Gasteiger charge is -2.23. The zero-order valence-electron chi connectivity index (χ0n) is 30.4. The predicted octanol–water partition coefficient (Wildman–Crippen LogP) is 7.56. The van der Waals surface area contributed by atoms with Gasteiger partial charge in [-0.15, -0.1) is 0 Å². The maximum atomic E-state index is 12.4. The quantitative estimate of drug-likeness (QED) is 0.0582. The van der Waals surface area contributed by atoms with Crippen LogP contribution < -0.4 is 26.6 Å². The highest BCUT2D eigenvalue weighted by Gasteiger charge is 2.19. The van der Waals surface area contributed by atoms with E-state index in [0.717, 1.165) is 25.5 Å². The Kier molecular flexibility index (Phi) is 19.1. The topological polar surface area (TPSA) is 154 Å². The Bertz CT molecular complexity index is 1840. The number of hydrogen-bond acceptors (Lipinski definition) is 9. The van der Waals surface area contributed by atoms with E-state index in [0.29, 0.717) is 36.3 Å². The van der Waals surface area contributed by atoms with E-state index in [1.165, 1.54) is 4.57 Å². The third kappa shape index (κ3) is 15.0. The van der Waals surface area contributed by atoms with E-state index in [4.69, 9.17) is 9.47 Å². The van der Waals surface area contributed by atoms with Gasteiger partial charge in [0.25, 0.3) is 0 Å². The van der Waals surface area contributed by atoms with E-state index in [-0.39, 0.29) is 23.9 Å². The molecular formula is C38H46I2N8O5. The van der Waals surface area contributed by atoms with Gasteiger partial charge in [-0.3, -0.25) is 15.5 Å². The molecule has 0 aliphatic rings. The summed E-state index contributed by atoms with van der Waals surface area (Å²) in [6.07, 6.45) is 6.83. The summed E-state index contributed by atoms with van der Waals surface area (Å²) < 4.78 is 15.9. The van der Waals surface area contributed by atoms with Gasteiger partial charge >= 0.3 is 11.8 Å². The van der Waals surface area contributed by atoms with Crippen molar-refractivity contribution in [3.05, 3.63) is 127 Å². The lowest BCUT2D eigenvalue weighted by molar-refractivity contribution is -0.111. The average Bonchev–Trinajstić information content (AvgIpc) is 3.54. The van der Waals surface area contributed by atoms with Crippen molar-refractivity contribution in [1.82, 2.24) is 35.2 Å². The molecule has 53 heavy (non-hydrogen) atoms. The number of ether oxygens (including phenoxy) is 2. The number of benzene rings is 2. The minimum Gasteiger partial charge on any atom is -0.410 e. The van der Waals surface area contributed by atoms with Crippen molar-refractivity contribution in [3.63, 3.8) is 0 Å². The van der Waals surface area contributed by atoms with Crippen LogP contribution in [0.3, 0.4) is 0 Å². The summed E-state index contributed by atoms with van der Waals surface area (Å²) in [6.45, 7) is 10.9. The Morgan fingerprint density at radius 2 is 1.51 bits per heavy atom. The van der Waals surface area contributed by atoms with Crippen molar-refractivity contribution in [2.75, 3.05) is 5.32 Å². The van der Waals surface area contributed by atoms with Crippen LogP contribution in [0.1, 0.15) is 59.1 Å². The van der Waals surface area contributed by atoms with Crippen LogP contribution in [0.25, 0.3) is 5.82 Å². The lowest BCUT2D eigenvalue weighted by atomic mass is 10.0. The van der Waals surface area contributed by atoms with Crippen LogP contribution in [-0.2, 0) is 16.1 Å². The summed E-state index contributed by atoms with van der Waals surface area (Å²) in [5, 5.41) is 6.77. The number of nitrogens with one attached hydrogen (secondary N) is 3. The molecule has 0 saturated carbocycles. The number of carbonyl (C=O) groups excluding carboxylic acids is 2. The summed E-state index contributed by atoms with van der Waals surface area (Å²) in [7, 11) is 0. The Morgan fingerprint density at radius 1 is 0.868 bits per heavy atom. The van der Waals surface area contributed by atoms with Crippen molar-refractivity contribution >= 4 is 63.5 Å². The molecule has 2 amide bonds. The normalized spacial score (nSPS) is 12.2. The highest BCUT2D eigenvalue weighted by atomic mass is 127. The van der Waals surface area contributed by atoms with E-state index >= 15 is 0 Å². The molecule has 3 heterocycles. The summed E-state index contributed by atoms with van der Waals surface area (Å²) in [4.78, 5) is 42.4. The maximum absolute atomic E-state index is 12.4. The Labute approximate surface area is 337 Å². The molecule has 0 radical (unpaired) electrons. The number of aromatic nitrogens is 5. The first-order chi connectivity index (χ1) is 25.6. The number of pyridine rings is 2. The van der Waals surface area contributed by atoms with E-state index in [9.17, 15) is 14.4 Å². The third-order valence-corrected chi connectivity index (χ3v) is 9.03. The van der Waals surface area contributed by atoms with Crippen LogP contribution in [0.15, 0.2) is 108 Å². The molecule has 0 saturated heterocycles. The first kappa shape index (κ1) is 43.2. The van der Waals surface area contributed by atoms with Gasteiger partial charge in [0.05, 0.1) is 24.8 Å². The van der Waals surface area contributed by atoms with Crippen molar-refractivity contribution in [3.8, 4) is 11.6 Å². The standard InChI is InChI=1S/C13H17IN4O.C13H20N2O2.C12H9IN2O2/c1-4-11(9(2)3)18-13(19)17(8-16-18)12-6-5-10(14)7-15-12;1-3-13(15-14-10-16)11(2)17-9-12-7-5-4-6-8-12;13-9-6-7-11(14-8-9)15-12(16)17-10-4-2-1-3-5-10/h5-9,11H,4H2,1-3H3;4-8,10-11,13,15H,3,9H2,1-2H3,(H,14,16);1-8H,(H,14,15,16)/t11-;11-,13-;/m00./s1. The summed E-state index contributed by atoms with van der Waals surface area (Å²) in [6, 6.07) is 26.5. The van der Waals surface area contributed by atoms with Crippen LogP contribution >= 0.6 is 45.2 Å². The lowest BCUT2D eigenvalue weighted by Crippen LogP contribution is -2.46. The third-order valence-electron chi connectivity index (χ3n) is 7.76. The highest BCUT2D eigenvalue weighted by Crippen LogP contribution is 2.18. The minimum atomic E-state index is -0.551. The number of rotatable bonds is 14. The van der Waals surface area contributed by atoms with Crippen molar-refractivity contribution in [1.29, 1.82) is 0 Å². The zero-order valence-corrected chi connectivity index (χ0v) is 34.7. The number of halogens is 2. The number of para-hydroxylation sites is 1. The Morgan fingerprint density at radius 3 is 2.06 bits per heavy atom. The number of hydrazine groups is 1. The molecule has 0 fully saturated rings. The van der Waals surface area contributed by atoms with Gasteiger partial charge in [0, 0.05) is 19.5 Å². The smallest absolute Gasteiger partial charge is 0.410 e. The van der Waals surface area contributed by atoms with Crippen molar-refractivity contribution < 1.29 is 19.1 Å². The molecule has 0 aliphatic carbocycles. The van der Waals surface area contributed by atoms with Crippen LogP contribution in [0.2, 0.25) is 0 Å². The molecule has 2 aromatic carbocycles. The molecule has 5 aromatic rings. The fraction of sp³-hybridized carbons (Fsp3) is 0.316. The number of amides is 2. The van der Waals surface area contributed by atoms with Gasteiger partial charge in [-0.05, 0) is 113 Å². The average molecular weight is 949 g/mol. The Balaban J connectivity index is 0.000000215. The number of carbonyl (C=O) groups is 2. The summed E-state index contributed by atoms with van der Waals surface area (Å²) in [5.41, 5.74) is 6.40. The van der Waals surface area contributed by atoms with Gasteiger partial charge in [0.1, 0.15) is 23.7 Å². The van der Waals surface area contributed by atoms with E-state index in [1.807, 2.05) is 68.4 Å². The maximum Gasteiger partial charge on any atom is 0.418 e. The number of nitrogens with zero attached hydrogens (tertiary/aromatic N) is 5. The second kappa shape index (κ2) is 23.5. The summed E-state index contributed by atoms with van der Waals surface area (Å²) in [5.74, 6) is 1.94. The molecule has 5 rings (SSSR count). The number of hydrogen-bond donors (Lipinski definition) is 3. The Hall–Kier alpha value is -4.20. The molecule has 3 atom stereocenters. The molecule has 0 unspecified atom stereocenters. The highest BCUT2D eigenvalue weighted by molar-refractivity contribution is 14.1. The molecule has 13 nitrogen and oxygen atoms in total. The van der Waals surface area contributed by atoms with Crippen LogP contribution in [0.4, 0.5) is 10.6 Å². The molecule has 0 spiro atoms. The molecule has 3 N–H and O–H groups in total. The van der Waals surface area contributed by atoms with Crippen LogP contribution in [0.5, 0.6) is 5.75 Å². The molecule has 282 valence electrons. The van der Waals surface area contributed by atoms with E-state index < -0.39 is 6.09 Å². The number of anilines is 1. The van der Waals surface area contributed by atoms with E-state index in [1.54, 1.807) is 53.7 Å². The fourth-order valence-corrected chi connectivity index (χ4v) is 5.56. The largest absolute Gasteiger partial charge is 0.418 e. The van der Waals surface area contributed by atoms with Gasteiger partial charge in [-0.2, -0.15) is 5.10 Å². The van der Waals surface area contributed by atoms with E-state index in [2.05, 4.69) is 97.2 Å². The monoisotopic (exact) mass is 948 g/mol. The first-order valence-corrected chi connectivity index (χ1v) is 19.3. The van der Waals surface area contributed by atoms with Gasteiger partial charge in [-0.1, -0.05) is 76.2 Å². The summed E-state index contributed by atoms with van der Waals surface area (Å²) >= 11 is 4.33. The predicted molar refractivity (Wildman–Crippen MR) is 223 cm³/mol. The SMILES string of the molecule is CC[C@@H](C(C)C)n1ncn(-c2ccc(I)cn2)c1=O.CC[C@H](NNC=O)[C@H](C)OCc1ccccc1.O=C(Nc1ccc(I)cn1)Oc1ccccc1. The second-order valence-electron chi connectivity index (χ2n) is 11.9. The van der Waals surface area contributed by atoms with Crippen molar-refractivity contribution in [2.45, 2.75) is 72.3 Å². The molecule has 0 bridgehead atoms. The first-order valence-electron chi connectivity index (χ1n) is 17.1.